The Hall–Kier alpha value is -2.74. The second-order valence-corrected chi connectivity index (χ2v) is 6.66. The first-order valence-electron chi connectivity index (χ1n) is 6.67. The predicted octanol–water partition coefficient (Wildman–Crippen LogP) is 2.42. The number of rotatable bonds is 7. The zero-order chi connectivity index (χ0) is 16.7. The lowest BCUT2D eigenvalue weighted by atomic mass is 10.2. The number of nitro groups is 1. The van der Waals surface area contributed by atoms with Gasteiger partial charge in [-0.05, 0) is 12.1 Å². The van der Waals surface area contributed by atoms with E-state index in [1.807, 2.05) is 0 Å². The normalized spacial score (nSPS) is 11.5. The minimum absolute atomic E-state index is 0.0550. The molecule has 0 fully saturated rings. The molecule has 0 bridgehead atoms. The highest BCUT2D eigenvalue weighted by atomic mass is 32.2. The van der Waals surface area contributed by atoms with Crippen molar-refractivity contribution in [1.82, 2.24) is 0 Å². The minimum Gasteiger partial charge on any atom is -0.395 e. The molecule has 7 nitrogen and oxygen atoms in total. The summed E-state index contributed by atoms with van der Waals surface area (Å²) in [5.41, 5.74) is 0.436. The summed E-state index contributed by atoms with van der Waals surface area (Å²) in [5.74, 6) is -0.205. The molecule has 0 atom stereocenters. The molecule has 120 valence electrons. The van der Waals surface area contributed by atoms with Crippen LogP contribution in [0.2, 0.25) is 0 Å². The van der Waals surface area contributed by atoms with Gasteiger partial charge in [0.15, 0.2) is 9.84 Å². The first-order chi connectivity index (χ1) is 11.0. The summed E-state index contributed by atoms with van der Waals surface area (Å²) in [7, 11) is -3.41. The van der Waals surface area contributed by atoms with Crippen LogP contribution in [-0.2, 0) is 14.7 Å². The lowest BCUT2D eigenvalue weighted by molar-refractivity contribution is -0.384. The molecule has 0 heterocycles. The fraction of sp³-hybridized carbons (Fsp3) is 0.133. The van der Waals surface area contributed by atoms with Crippen molar-refractivity contribution >= 4 is 21.7 Å². The van der Waals surface area contributed by atoms with E-state index < -0.39 is 14.8 Å². The number of nitro benzene ring substituents is 1. The Balaban J connectivity index is 1.88. The van der Waals surface area contributed by atoms with Crippen LogP contribution in [0.5, 0.6) is 0 Å². The molecule has 0 unspecified atom stereocenters. The Morgan fingerprint density at radius 1 is 1.13 bits per heavy atom. The number of sulfone groups is 1. The van der Waals surface area contributed by atoms with Gasteiger partial charge in [-0.25, -0.2) is 8.42 Å². The third-order valence-corrected chi connectivity index (χ3v) is 4.60. The molecule has 0 aromatic heterocycles. The number of benzene rings is 2. The number of oxime groups is 1. The standard InChI is InChI=1S/C15H14N2O5S/c18-17(19)14-6-4-5-13(11-14)12-16-22-9-10-23(20,21)15-7-2-1-3-8-15/h1-8,11-12H,9-10H2/b16-12+. The summed E-state index contributed by atoms with van der Waals surface area (Å²) in [4.78, 5) is 15.3. The summed E-state index contributed by atoms with van der Waals surface area (Å²) >= 11 is 0. The first-order valence-corrected chi connectivity index (χ1v) is 8.32. The molecule has 2 rings (SSSR count). The van der Waals surface area contributed by atoms with Crippen LogP contribution in [0.15, 0.2) is 64.6 Å². The van der Waals surface area contributed by atoms with Crippen molar-refractivity contribution < 1.29 is 18.2 Å². The van der Waals surface area contributed by atoms with Gasteiger partial charge in [-0.1, -0.05) is 35.5 Å². The highest BCUT2D eigenvalue weighted by Crippen LogP contribution is 2.12. The van der Waals surface area contributed by atoms with Crippen molar-refractivity contribution in [2.45, 2.75) is 4.90 Å². The van der Waals surface area contributed by atoms with Crippen LogP contribution in [0, 0.1) is 10.1 Å². The van der Waals surface area contributed by atoms with Gasteiger partial charge in [-0.2, -0.15) is 0 Å². The quantitative estimate of drug-likeness (QED) is 0.335. The van der Waals surface area contributed by atoms with E-state index in [1.54, 1.807) is 24.3 Å². The van der Waals surface area contributed by atoms with E-state index in [9.17, 15) is 18.5 Å². The molecule has 0 aliphatic carbocycles. The van der Waals surface area contributed by atoms with Gasteiger partial charge < -0.3 is 4.84 Å². The molecular formula is C15H14N2O5S. The Morgan fingerprint density at radius 2 is 1.87 bits per heavy atom. The van der Waals surface area contributed by atoms with Crippen LogP contribution in [0.4, 0.5) is 5.69 Å². The molecule has 0 radical (unpaired) electrons. The highest BCUT2D eigenvalue weighted by molar-refractivity contribution is 7.91. The second kappa shape index (κ2) is 7.50. The van der Waals surface area contributed by atoms with E-state index in [1.165, 1.54) is 36.5 Å². The van der Waals surface area contributed by atoms with Gasteiger partial charge in [0.25, 0.3) is 5.69 Å². The van der Waals surface area contributed by atoms with Crippen LogP contribution >= 0.6 is 0 Å². The van der Waals surface area contributed by atoms with Gasteiger partial charge in [0, 0.05) is 17.7 Å². The zero-order valence-electron chi connectivity index (χ0n) is 12.0. The van der Waals surface area contributed by atoms with E-state index in [2.05, 4.69) is 5.16 Å². The van der Waals surface area contributed by atoms with Crippen molar-refractivity contribution in [2.24, 2.45) is 5.16 Å². The molecule has 8 heteroatoms. The number of non-ortho nitro benzene ring substituents is 1. The molecule has 0 amide bonds. The van der Waals surface area contributed by atoms with Crippen LogP contribution in [-0.4, -0.2) is 31.9 Å². The van der Waals surface area contributed by atoms with Gasteiger partial charge in [-0.3, -0.25) is 10.1 Å². The summed E-state index contributed by atoms with van der Waals surface area (Å²) in [6.07, 6.45) is 1.29. The van der Waals surface area contributed by atoms with Gasteiger partial charge >= 0.3 is 0 Å². The summed E-state index contributed by atoms with van der Waals surface area (Å²) in [6.45, 7) is -0.108. The van der Waals surface area contributed by atoms with Gasteiger partial charge in [-0.15, -0.1) is 0 Å². The summed E-state index contributed by atoms with van der Waals surface area (Å²) in [6, 6.07) is 13.9. The maximum atomic E-state index is 12.0. The molecule has 0 saturated carbocycles. The Morgan fingerprint density at radius 3 is 2.57 bits per heavy atom. The average Bonchev–Trinajstić information content (AvgIpc) is 2.55. The molecule has 0 saturated heterocycles. The number of hydrogen-bond acceptors (Lipinski definition) is 6. The van der Waals surface area contributed by atoms with Crippen molar-refractivity contribution in [3.63, 3.8) is 0 Å². The van der Waals surface area contributed by atoms with E-state index >= 15 is 0 Å². The number of hydrogen-bond donors (Lipinski definition) is 0. The SMILES string of the molecule is O=[N+]([O-])c1cccc(/C=N/OCCS(=O)(=O)c2ccccc2)c1. The highest BCUT2D eigenvalue weighted by Gasteiger charge is 2.13. The van der Waals surface area contributed by atoms with Crippen LogP contribution in [0.3, 0.4) is 0 Å². The zero-order valence-corrected chi connectivity index (χ0v) is 12.8. The van der Waals surface area contributed by atoms with Crippen molar-refractivity contribution in [3.05, 3.63) is 70.3 Å². The van der Waals surface area contributed by atoms with Gasteiger partial charge in [0.05, 0.1) is 21.8 Å². The fourth-order valence-corrected chi connectivity index (χ4v) is 2.86. The number of nitrogens with zero attached hydrogens (tertiary/aromatic N) is 2. The lowest BCUT2D eigenvalue weighted by Crippen LogP contribution is -2.11. The average molecular weight is 334 g/mol. The maximum Gasteiger partial charge on any atom is 0.270 e. The minimum atomic E-state index is -3.41. The van der Waals surface area contributed by atoms with Crippen LogP contribution < -0.4 is 0 Å². The van der Waals surface area contributed by atoms with Gasteiger partial charge in [0.2, 0.25) is 0 Å². The van der Waals surface area contributed by atoms with E-state index in [0.29, 0.717) is 5.56 Å². The van der Waals surface area contributed by atoms with Crippen molar-refractivity contribution in [2.75, 3.05) is 12.4 Å². The third-order valence-electron chi connectivity index (χ3n) is 2.90. The lowest BCUT2D eigenvalue weighted by Gasteiger charge is -2.03. The largest absolute Gasteiger partial charge is 0.395 e. The van der Waals surface area contributed by atoms with Crippen LogP contribution in [0.25, 0.3) is 0 Å². The predicted molar refractivity (Wildman–Crippen MR) is 85.1 cm³/mol. The smallest absolute Gasteiger partial charge is 0.270 e. The van der Waals surface area contributed by atoms with E-state index in [0.717, 1.165) is 0 Å². The van der Waals surface area contributed by atoms with Crippen molar-refractivity contribution in [1.29, 1.82) is 0 Å². The molecule has 23 heavy (non-hydrogen) atoms. The molecule has 2 aromatic rings. The van der Waals surface area contributed by atoms with Crippen molar-refractivity contribution in [3.8, 4) is 0 Å². The van der Waals surface area contributed by atoms with E-state index in [-0.39, 0.29) is 22.9 Å². The molecular weight excluding hydrogens is 320 g/mol. The monoisotopic (exact) mass is 334 g/mol. The molecule has 2 aromatic carbocycles. The first kappa shape index (κ1) is 16.6. The Kier molecular flexibility index (Phi) is 5.42. The molecule has 0 aliphatic heterocycles. The Labute approximate surface area is 133 Å². The van der Waals surface area contributed by atoms with Gasteiger partial charge in [0.1, 0.15) is 6.61 Å². The topological polar surface area (TPSA) is 98.9 Å². The van der Waals surface area contributed by atoms with Crippen LogP contribution in [0.1, 0.15) is 5.56 Å². The second-order valence-electron chi connectivity index (χ2n) is 4.55. The Bertz CT molecular complexity index is 804. The summed E-state index contributed by atoms with van der Waals surface area (Å²) in [5, 5.41) is 14.3. The molecule has 0 spiro atoms. The third kappa shape index (κ3) is 4.89. The summed E-state index contributed by atoms with van der Waals surface area (Å²) < 4.78 is 24.0. The maximum absolute atomic E-state index is 12.0. The molecule has 0 N–H and O–H groups in total. The fourth-order valence-electron chi connectivity index (χ4n) is 1.76. The molecule has 0 aliphatic rings. The van der Waals surface area contributed by atoms with E-state index in [4.69, 9.17) is 4.84 Å².